The molecule has 16 heavy (non-hydrogen) atoms. The molecule has 0 aliphatic rings. The highest BCUT2D eigenvalue weighted by Gasteiger charge is 1.98. The zero-order valence-corrected chi connectivity index (χ0v) is 10.6. The SMILES string of the molecule is COCCNC(=S)NCc1ccccc1C. The third-order valence-corrected chi connectivity index (χ3v) is 2.58. The van der Waals surface area contributed by atoms with Crippen LogP contribution in [-0.4, -0.2) is 25.4 Å². The lowest BCUT2D eigenvalue weighted by molar-refractivity contribution is 0.204. The van der Waals surface area contributed by atoms with E-state index >= 15 is 0 Å². The minimum absolute atomic E-state index is 0.659. The zero-order chi connectivity index (χ0) is 11.8. The van der Waals surface area contributed by atoms with Crippen LogP contribution in [0.1, 0.15) is 11.1 Å². The van der Waals surface area contributed by atoms with Crippen molar-refractivity contribution in [1.29, 1.82) is 0 Å². The molecule has 0 aromatic heterocycles. The first-order valence-corrected chi connectivity index (χ1v) is 5.70. The van der Waals surface area contributed by atoms with Crippen molar-refractivity contribution in [1.82, 2.24) is 10.6 Å². The molecule has 0 aliphatic heterocycles. The maximum absolute atomic E-state index is 5.13. The van der Waals surface area contributed by atoms with E-state index in [1.54, 1.807) is 7.11 Å². The molecule has 0 bridgehead atoms. The lowest BCUT2D eigenvalue weighted by Crippen LogP contribution is -2.36. The maximum Gasteiger partial charge on any atom is 0.166 e. The largest absolute Gasteiger partial charge is 0.383 e. The number of hydrogen-bond acceptors (Lipinski definition) is 2. The fourth-order valence-corrected chi connectivity index (χ4v) is 1.49. The van der Waals surface area contributed by atoms with Crippen molar-refractivity contribution in [2.45, 2.75) is 13.5 Å². The van der Waals surface area contributed by atoms with Gasteiger partial charge in [0.05, 0.1) is 6.61 Å². The van der Waals surface area contributed by atoms with Crippen LogP contribution in [0.25, 0.3) is 0 Å². The van der Waals surface area contributed by atoms with Crippen LogP contribution >= 0.6 is 12.2 Å². The van der Waals surface area contributed by atoms with Crippen molar-refractivity contribution in [3.8, 4) is 0 Å². The van der Waals surface area contributed by atoms with Crippen molar-refractivity contribution in [2.75, 3.05) is 20.3 Å². The molecule has 0 aliphatic carbocycles. The number of hydrogen-bond donors (Lipinski definition) is 2. The summed E-state index contributed by atoms with van der Waals surface area (Å²) in [6, 6.07) is 8.26. The molecule has 88 valence electrons. The number of benzene rings is 1. The van der Waals surface area contributed by atoms with Gasteiger partial charge in [-0.2, -0.15) is 0 Å². The second-order valence-electron chi connectivity index (χ2n) is 3.53. The standard InChI is InChI=1S/C12H18N2OS/c1-10-5-3-4-6-11(10)9-14-12(16)13-7-8-15-2/h3-6H,7-9H2,1-2H3,(H2,13,14,16). The third-order valence-electron chi connectivity index (χ3n) is 2.29. The molecule has 0 atom stereocenters. The van der Waals surface area contributed by atoms with E-state index in [4.69, 9.17) is 17.0 Å². The van der Waals surface area contributed by atoms with Gasteiger partial charge in [-0.05, 0) is 30.3 Å². The van der Waals surface area contributed by atoms with Crippen molar-refractivity contribution in [3.63, 3.8) is 0 Å². The lowest BCUT2D eigenvalue weighted by atomic mass is 10.1. The number of rotatable bonds is 5. The molecular formula is C12H18N2OS. The van der Waals surface area contributed by atoms with E-state index in [0.717, 1.165) is 13.1 Å². The van der Waals surface area contributed by atoms with Crippen LogP contribution < -0.4 is 10.6 Å². The van der Waals surface area contributed by atoms with Crippen LogP contribution in [0.3, 0.4) is 0 Å². The van der Waals surface area contributed by atoms with Crippen LogP contribution in [0.4, 0.5) is 0 Å². The average molecular weight is 238 g/mol. The van der Waals surface area contributed by atoms with E-state index < -0.39 is 0 Å². The molecule has 0 saturated carbocycles. The highest BCUT2D eigenvalue weighted by Crippen LogP contribution is 2.05. The molecule has 2 N–H and O–H groups in total. The van der Waals surface area contributed by atoms with Gasteiger partial charge in [-0.15, -0.1) is 0 Å². The minimum Gasteiger partial charge on any atom is -0.383 e. The van der Waals surface area contributed by atoms with E-state index in [0.29, 0.717) is 11.7 Å². The fraction of sp³-hybridized carbons (Fsp3) is 0.417. The van der Waals surface area contributed by atoms with E-state index in [2.05, 4.69) is 29.7 Å². The summed E-state index contributed by atoms with van der Waals surface area (Å²) in [7, 11) is 1.67. The molecule has 0 unspecified atom stereocenters. The molecule has 1 aromatic carbocycles. The number of ether oxygens (including phenoxy) is 1. The number of thiocarbonyl (C=S) groups is 1. The summed E-state index contributed by atoms with van der Waals surface area (Å²) in [6.45, 7) is 4.24. The molecule has 1 aromatic rings. The Kier molecular flexibility index (Phi) is 5.82. The maximum atomic E-state index is 5.13. The lowest BCUT2D eigenvalue weighted by Gasteiger charge is -2.11. The topological polar surface area (TPSA) is 33.3 Å². The predicted molar refractivity (Wildman–Crippen MR) is 70.5 cm³/mol. The molecule has 0 fully saturated rings. The summed E-state index contributed by atoms with van der Waals surface area (Å²) >= 11 is 5.13. The molecule has 4 heteroatoms. The van der Waals surface area contributed by atoms with Crippen LogP contribution in [0.2, 0.25) is 0 Å². The predicted octanol–water partition coefficient (Wildman–Crippen LogP) is 1.61. The Morgan fingerprint density at radius 2 is 2.06 bits per heavy atom. The van der Waals surface area contributed by atoms with Gasteiger partial charge in [0.15, 0.2) is 5.11 Å². The summed E-state index contributed by atoms with van der Waals surface area (Å²) in [4.78, 5) is 0. The van der Waals surface area contributed by atoms with Gasteiger partial charge in [-0.25, -0.2) is 0 Å². The first-order valence-electron chi connectivity index (χ1n) is 5.29. The molecule has 0 heterocycles. The van der Waals surface area contributed by atoms with Crippen molar-refractivity contribution in [2.24, 2.45) is 0 Å². The van der Waals surface area contributed by atoms with Crippen molar-refractivity contribution >= 4 is 17.3 Å². The fourth-order valence-electron chi connectivity index (χ4n) is 1.31. The zero-order valence-electron chi connectivity index (χ0n) is 9.75. The quantitative estimate of drug-likeness (QED) is 0.603. The van der Waals surface area contributed by atoms with E-state index in [9.17, 15) is 0 Å². The van der Waals surface area contributed by atoms with Crippen molar-refractivity contribution < 1.29 is 4.74 Å². The summed E-state index contributed by atoms with van der Waals surface area (Å²) in [6.07, 6.45) is 0. The summed E-state index contributed by atoms with van der Waals surface area (Å²) in [5.41, 5.74) is 2.54. The molecule has 1 rings (SSSR count). The monoisotopic (exact) mass is 238 g/mol. The Labute approximate surface area is 102 Å². The molecule has 0 amide bonds. The van der Waals surface area contributed by atoms with Gasteiger partial charge in [-0.3, -0.25) is 0 Å². The van der Waals surface area contributed by atoms with E-state index in [-0.39, 0.29) is 0 Å². The van der Waals surface area contributed by atoms with Crippen LogP contribution in [0, 0.1) is 6.92 Å². The number of methoxy groups -OCH3 is 1. The second kappa shape index (κ2) is 7.19. The Morgan fingerprint density at radius 3 is 2.75 bits per heavy atom. The van der Waals surface area contributed by atoms with Gasteiger partial charge < -0.3 is 15.4 Å². The highest BCUT2D eigenvalue weighted by molar-refractivity contribution is 7.80. The summed E-state index contributed by atoms with van der Waals surface area (Å²) < 4.78 is 4.92. The van der Waals surface area contributed by atoms with Gasteiger partial charge in [0.2, 0.25) is 0 Å². The Hall–Kier alpha value is -1.13. The molecule has 0 radical (unpaired) electrons. The van der Waals surface area contributed by atoms with Gasteiger partial charge in [-0.1, -0.05) is 24.3 Å². The molecule has 0 spiro atoms. The first-order chi connectivity index (χ1) is 7.74. The summed E-state index contributed by atoms with van der Waals surface area (Å²) in [5.74, 6) is 0. The Morgan fingerprint density at radius 1 is 1.31 bits per heavy atom. The number of aryl methyl sites for hydroxylation is 1. The molecule has 3 nitrogen and oxygen atoms in total. The van der Waals surface area contributed by atoms with E-state index in [1.807, 2.05) is 12.1 Å². The Bertz CT molecular complexity index is 342. The minimum atomic E-state index is 0.659. The molecule has 0 saturated heterocycles. The van der Waals surface area contributed by atoms with Crippen LogP contribution in [-0.2, 0) is 11.3 Å². The normalized spacial score (nSPS) is 9.88. The van der Waals surface area contributed by atoms with E-state index in [1.165, 1.54) is 11.1 Å². The van der Waals surface area contributed by atoms with Crippen LogP contribution in [0.15, 0.2) is 24.3 Å². The van der Waals surface area contributed by atoms with Gasteiger partial charge in [0.25, 0.3) is 0 Å². The van der Waals surface area contributed by atoms with Gasteiger partial charge in [0.1, 0.15) is 0 Å². The molecular weight excluding hydrogens is 220 g/mol. The van der Waals surface area contributed by atoms with Crippen LogP contribution in [0.5, 0.6) is 0 Å². The second-order valence-corrected chi connectivity index (χ2v) is 3.94. The van der Waals surface area contributed by atoms with Gasteiger partial charge in [0, 0.05) is 20.2 Å². The van der Waals surface area contributed by atoms with Gasteiger partial charge >= 0.3 is 0 Å². The third kappa shape index (κ3) is 4.59. The number of nitrogens with one attached hydrogen (secondary N) is 2. The summed E-state index contributed by atoms with van der Waals surface area (Å²) in [5, 5.41) is 6.90. The first kappa shape index (κ1) is 12.9. The Balaban J connectivity index is 2.29. The average Bonchev–Trinajstić information content (AvgIpc) is 2.28. The van der Waals surface area contributed by atoms with Crippen molar-refractivity contribution in [3.05, 3.63) is 35.4 Å². The smallest absolute Gasteiger partial charge is 0.166 e. The highest BCUT2D eigenvalue weighted by atomic mass is 32.1.